The van der Waals surface area contributed by atoms with Crippen LogP contribution in [-0.2, 0) is 0 Å². The van der Waals surface area contributed by atoms with Crippen LogP contribution < -0.4 is 5.73 Å². The Morgan fingerprint density at radius 2 is 1.90 bits per heavy atom. The summed E-state index contributed by atoms with van der Waals surface area (Å²) in [4.78, 5) is 4.23. The molecule has 3 rings (SSSR count). The van der Waals surface area contributed by atoms with Crippen LogP contribution in [0.3, 0.4) is 0 Å². The van der Waals surface area contributed by atoms with Gasteiger partial charge in [0, 0.05) is 17.3 Å². The molecule has 3 N–H and O–H groups in total. The van der Waals surface area contributed by atoms with E-state index < -0.39 is 11.6 Å². The number of aryl methyl sites for hydroxylation is 1. The zero-order valence-electron chi connectivity index (χ0n) is 11.2. The molecule has 0 unspecified atom stereocenters. The lowest BCUT2D eigenvalue weighted by molar-refractivity contribution is 0.585. The molecule has 1 heterocycles. The number of aromatic amines is 1. The number of nitrogens with one attached hydrogen (secondary N) is 1. The minimum atomic E-state index is -0.693. The van der Waals surface area contributed by atoms with Gasteiger partial charge in [-0.05, 0) is 30.7 Å². The van der Waals surface area contributed by atoms with Gasteiger partial charge in [-0.1, -0.05) is 12.1 Å². The number of nitrogens with two attached hydrogens (primary N) is 1. The van der Waals surface area contributed by atoms with Gasteiger partial charge in [0.15, 0.2) is 11.6 Å². The molecular weight excluding hydrogens is 274 g/mol. The van der Waals surface area contributed by atoms with Crippen LogP contribution in [0.15, 0.2) is 36.4 Å². The monoisotopic (exact) mass is 286 g/mol. The Balaban J connectivity index is 2.01. The Morgan fingerprint density at radius 1 is 1.10 bits per heavy atom. The van der Waals surface area contributed by atoms with Gasteiger partial charge in [0.05, 0.1) is 5.56 Å². The first-order valence-corrected chi connectivity index (χ1v) is 6.29. The zero-order chi connectivity index (χ0) is 15.0. The third kappa shape index (κ3) is 2.47. The molecule has 0 amide bonds. The quantitative estimate of drug-likeness (QED) is 0.710. The zero-order valence-corrected chi connectivity index (χ0v) is 11.2. The molecule has 0 radical (unpaired) electrons. The molecule has 6 heteroatoms. The molecule has 0 aliphatic carbocycles. The van der Waals surface area contributed by atoms with Crippen molar-refractivity contribution in [1.82, 2.24) is 15.2 Å². The van der Waals surface area contributed by atoms with Crippen LogP contribution in [0.4, 0.5) is 14.5 Å². The lowest BCUT2D eigenvalue weighted by atomic mass is 10.1. The SMILES string of the molecule is Cc1ccc(-c2n[nH]c(-c3ccc(F)cc3F)n2)cc1N. The smallest absolute Gasteiger partial charge is 0.181 e. The number of halogens is 2. The summed E-state index contributed by atoms with van der Waals surface area (Å²) in [6.07, 6.45) is 0. The average Bonchev–Trinajstić information content (AvgIpc) is 2.91. The third-order valence-corrected chi connectivity index (χ3v) is 3.21. The first kappa shape index (κ1) is 13.2. The Kier molecular flexibility index (Phi) is 3.13. The normalized spacial score (nSPS) is 10.8. The molecule has 0 aliphatic heterocycles. The second-order valence-electron chi connectivity index (χ2n) is 4.70. The molecule has 0 saturated heterocycles. The fourth-order valence-electron chi connectivity index (χ4n) is 1.97. The van der Waals surface area contributed by atoms with Gasteiger partial charge < -0.3 is 5.73 Å². The highest BCUT2D eigenvalue weighted by Gasteiger charge is 2.12. The molecule has 0 fully saturated rings. The Morgan fingerprint density at radius 3 is 2.62 bits per heavy atom. The van der Waals surface area contributed by atoms with Gasteiger partial charge in [0.2, 0.25) is 0 Å². The first-order valence-electron chi connectivity index (χ1n) is 6.29. The van der Waals surface area contributed by atoms with Crippen molar-refractivity contribution in [3.8, 4) is 22.8 Å². The number of nitrogens with zero attached hydrogens (tertiary/aromatic N) is 2. The van der Waals surface area contributed by atoms with Crippen molar-refractivity contribution in [3.63, 3.8) is 0 Å². The summed E-state index contributed by atoms with van der Waals surface area (Å²) in [6.45, 7) is 1.90. The fraction of sp³-hybridized carbons (Fsp3) is 0.0667. The van der Waals surface area contributed by atoms with Crippen LogP contribution in [-0.4, -0.2) is 15.2 Å². The Labute approximate surface area is 119 Å². The Hall–Kier alpha value is -2.76. The van der Waals surface area contributed by atoms with Crippen molar-refractivity contribution >= 4 is 5.69 Å². The van der Waals surface area contributed by atoms with Crippen LogP contribution in [0, 0.1) is 18.6 Å². The number of benzene rings is 2. The molecule has 3 aromatic rings. The molecule has 21 heavy (non-hydrogen) atoms. The van der Waals surface area contributed by atoms with Crippen LogP contribution in [0.5, 0.6) is 0 Å². The standard InChI is InChI=1S/C15H12F2N4/c1-8-2-3-9(6-13(8)18)14-19-15(21-20-14)11-5-4-10(16)7-12(11)17/h2-7H,18H2,1H3,(H,19,20,21). The van der Waals surface area contributed by atoms with Crippen molar-refractivity contribution < 1.29 is 8.78 Å². The van der Waals surface area contributed by atoms with Crippen molar-refractivity contribution in [2.24, 2.45) is 0 Å². The van der Waals surface area contributed by atoms with Crippen molar-refractivity contribution in [1.29, 1.82) is 0 Å². The molecule has 0 bridgehead atoms. The van der Waals surface area contributed by atoms with Gasteiger partial charge in [-0.25, -0.2) is 13.8 Å². The predicted octanol–water partition coefficient (Wildman–Crippen LogP) is 3.31. The van der Waals surface area contributed by atoms with Gasteiger partial charge in [0.1, 0.15) is 11.6 Å². The number of H-pyrrole nitrogens is 1. The number of hydrogen-bond acceptors (Lipinski definition) is 3. The van der Waals surface area contributed by atoms with E-state index in [1.165, 1.54) is 12.1 Å². The van der Waals surface area contributed by atoms with E-state index >= 15 is 0 Å². The summed E-state index contributed by atoms with van der Waals surface area (Å²) in [6, 6.07) is 8.74. The van der Waals surface area contributed by atoms with E-state index in [1.54, 1.807) is 6.07 Å². The van der Waals surface area contributed by atoms with Crippen molar-refractivity contribution in [3.05, 3.63) is 53.6 Å². The molecule has 4 nitrogen and oxygen atoms in total. The molecule has 2 aromatic carbocycles. The van der Waals surface area contributed by atoms with E-state index in [0.29, 0.717) is 11.5 Å². The number of hydrogen-bond donors (Lipinski definition) is 2. The maximum atomic E-state index is 13.7. The lowest BCUT2D eigenvalue weighted by Crippen LogP contribution is -1.91. The fourth-order valence-corrected chi connectivity index (χ4v) is 1.97. The summed E-state index contributed by atoms with van der Waals surface area (Å²) in [5.41, 5.74) is 8.33. The predicted molar refractivity (Wildman–Crippen MR) is 76.3 cm³/mol. The first-order chi connectivity index (χ1) is 10.0. The molecule has 0 saturated carbocycles. The summed E-state index contributed by atoms with van der Waals surface area (Å²) >= 11 is 0. The van der Waals surface area contributed by atoms with Crippen LogP contribution >= 0.6 is 0 Å². The van der Waals surface area contributed by atoms with Crippen molar-refractivity contribution in [2.45, 2.75) is 6.92 Å². The third-order valence-electron chi connectivity index (χ3n) is 3.21. The second kappa shape index (κ2) is 4.97. The van der Waals surface area contributed by atoms with Gasteiger partial charge in [0.25, 0.3) is 0 Å². The van der Waals surface area contributed by atoms with E-state index in [-0.39, 0.29) is 11.4 Å². The van der Waals surface area contributed by atoms with E-state index in [4.69, 9.17) is 5.73 Å². The molecule has 0 spiro atoms. The van der Waals surface area contributed by atoms with E-state index in [9.17, 15) is 8.78 Å². The molecular formula is C15H12F2N4. The maximum absolute atomic E-state index is 13.7. The van der Waals surface area contributed by atoms with E-state index in [1.807, 2.05) is 19.1 Å². The number of nitrogen functional groups attached to an aromatic ring is 1. The summed E-state index contributed by atoms with van der Waals surface area (Å²) in [7, 11) is 0. The maximum Gasteiger partial charge on any atom is 0.181 e. The van der Waals surface area contributed by atoms with Gasteiger partial charge in [-0.15, -0.1) is 0 Å². The van der Waals surface area contributed by atoms with Crippen molar-refractivity contribution in [2.75, 3.05) is 5.73 Å². The van der Waals surface area contributed by atoms with E-state index in [0.717, 1.165) is 17.2 Å². The largest absolute Gasteiger partial charge is 0.398 e. The molecule has 0 atom stereocenters. The molecule has 0 aliphatic rings. The highest BCUT2D eigenvalue weighted by Crippen LogP contribution is 2.24. The van der Waals surface area contributed by atoms with Gasteiger partial charge in [-0.2, -0.15) is 5.10 Å². The number of rotatable bonds is 2. The van der Waals surface area contributed by atoms with Crippen LogP contribution in [0.1, 0.15) is 5.56 Å². The summed E-state index contributed by atoms with van der Waals surface area (Å²) < 4.78 is 26.6. The second-order valence-corrected chi connectivity index (χ2v) is 4.70. The van der Waals surface area contributed by atoms with Gasteiger partial charge >= 0.3 is 0 Å². The topological polar surface area (TPSA) is 67.6 Å². The lowest BCUT2D eigenvalue weighted by Gasteiger charge is -2.01. The number of aromatic nitrogens is 3. The van der Waals surface area contributed by atoms with E-state index in [2.05, 4.69) is 15.2 Å². The minimum absolute atomic E-state index is 0.162. The van der Waals surface area contributed by atoms with Crippen LogP contribution in [0.25, 0.3) is 22.8 Å². The van der Waals surface area contributed by atoms with Gasteiger partial charge in [-0.3, -0.25) is 5.10 Å². The summed E-state index contributed by atoms with van der Waals surface area (Å²) in [5, 5.41) is 6.70. The molecule has 106 valence electrons. The Bertz CT molecular complexity index is 811. The molecule has 1 aromatic heterocycles. The highest BCUT2D eigenvalue weighted by molar-refractivity contribution is 5.66. The minimum Gasteiger partial charge on any atom is -0.398 e. The summed E-state index contributed by atoms with van der Waals surface area (Å²) in [5.74, 6) is -0.689. The highest BCUT2D eigenvalue weighted by atomic mass is 19.1. The average molecular weight is 286 g/mol. The van der Waals surface area contributed by atoms with Crippen LogP contribution in [0.2, 0.25) is 0 Å². The number of anilines is 1.